The Bertz CT molecular complexity index is 347. The first-order chi connectivity index (χ1) is 11.9. The zero-order valence-corrected chi connectivity index (χ0v) is 17.5. The van der Waals surface area contributed by atoms with Crippen molar-refractivity contribution in [3.63, 3.8) is 0 Å². The maximum Gasteiger partial charge on any atom is 0.305 e. The topological polar surface area (TPSA) is 46.5 Å². The summed E-state index contributed by atoms with van der Waals surface area (Å²) in [4.78, 5) is 9.83. The molecule has 0 aromatic rings. The summed E-state index contributed by atoms with van der Waals surface area (Å²) in [6, 6.07) is 0. The minimum absolute atomic E-state index is 0.121. The van der Waals surface area contributed by atoms with Crippen molar-refractivity contribution in [2.45, 2.75) is 102 Å². The normalized spacial score (nSPS) is 17.2. The van der Waals surface area contributed by atoms with Crippen molar-refractivity contribution in [2.24, 2.45) is 5.92 Å². The zero-order valence-electron chi connectivity index (χ0n) is 16.6. The summed E-state index contributed by atoms with van der Waals surface area (Å²) in [6.45, 7) is 4.16. The number of allylic oxidation sites excluding steroid dienone is 2. The number of carbonyl (C=O) groups excluding carboxylic acids is 1. The number of hydrogen-bond acceptors (Lipinski definition) is 4. The first kappa shape index (κ1) is 24.5. The number of hydrogen-bond donors (Lipinski definition) is 2. The van der Waals surface area contributed by atoms with E-state index in [0.29, 0.717) is 6.42 Å². The number of aliphatic hydroxyl groups is 1. The van der Waals surface area contributed by atoms with E-state index in [9.17, 15) is 9.90 Å². The average molecular weight is 373 g/mol. The van der Waals surface area contributed by atoms with Crippen LogP contribution in [0.4, 0.5) is 0 Å². The fourth-order valence-electron chi connectivity index (χ4n) is 3.15. The summed E-state index contributed by atoms with van der Waals surface area (Å²) in [5, 5.41) is 10.1. The van der Waals surface area contributed by atoms with Crippen LogP contribution in [0.25, 0.3) is 0 Å². The largest absolute Gasteiger partial charge is 0.469 e. The Hall–Kier alpha value is -0.480. The summed E-state index contributed by atoms with van der Waals surface area (Å²) in [7, 11) is 1.41. The molecule has 25 heavy (non-hydrogen) atoms. The van der Waals surface area contributed by atoms with Crippen LogP contribution in [0.15, 0.2) is 12.2 Å². The van der Waals surface area contributed by atoms with Crippen molar-refractivity contribution >= 4 is 18.6 Å². The van der Waals surface area contributed by atoms with E-state index < -0.39 is 4.93 Å². The van der Waals surface area contributed by atoms with Gasteiger partial charge in [-0.2, -0.15) is 0 Å². The quantitative estimate of drug-likeness (QED) is 0.152. The van der Waals surface area contributed by atoms with Crippen LogP contribution in [-0.2, 0) is 9.53 Å². The van der Waals surface area contributed by atoms with Crippen molar-refractivity contribution in [1.82, 2.24) is 0 Å². The van der Waals surface area contributed by atoms with E-state index in [1.54, 1.807) is 0 Å². The third kappa shape index (κ3) is 15.5. The molecule has 1 rings (SSSR count). The predicted octanol–water partition coefficient (Wildman–Crippen LogP) is 6.06. The molecule has 0 aromatic heterocycles. The Morgan fingerprint density at radius 1 is 1.24 bits per heavy atom. The molecule has 1 atom stereocenters. The van der Waals surface area contributed by atoms with Gasteiger partial charge in [-0.1, -0.05) is 57.6 Å². The lowest BCUT2D eigenvalue weighted by Crippen LogP contribution is -2.21. The molecule has 3 nitrogen and oxygen atoms in total. The first-order valence-corrected chi connectivity index (χ1v) is 10.5. The molecular formula is C21H40O3S. The Kier molecular flexibility index (Phi) is 15.4. The summed E-state index contributed by atoms with van der Waals surface area (Å²) in [6.07, 6.45) is 18.4. The molecule has 0 spiro atoms. The number of methoxy groups -OCH3 is 1. The minimum atomic E-state index is -0.697. The van der Waals surface area contributed by atoms with E-state index in [0.717, 1.165) is 38.0 Å². The number of rotatable bonds is 11. The molecule has 4 heteroatoms. The third-order valence-electron chi connectivity index (χ3n) is 4.82. The van der Waals surface area contributed by atoms with Crippen LogP contribution in [0.5, 0.6) is 0 Å². The number of esters is 1. The molecule has 1 aliphatic carbocycles. The molecule has 148 valence electrons. The molecule has 0 bridgehead atoms. The van der Waals surface area contributed by atoms with E-state index in [-0.39, 0.29) is 5.97 Å². The second-order valence-electron chi connectivity index (χ2n) is 7.17. The predicted molar refractivity (Wildman–Crippen MR) is 110 cm³/mol. The van der Waals surface area contributed by atoms with Gasteiger partial charge in [0.1, 0.15) is 4.93 Å². The highest BCUT2D eigenvalue weighted by molar-refractivity contribution is 7.81. The molecule has 0 aliphatic heterocycles. The average Bonchev–Trinajstić information content (AvgIpc) is 3.11. The van der Waals surface area contributed by atoms with E-state index in [1.165, 1.54) is 52.1 Å². The van der Waals surface area contributed by atoms with Crippen LogP contribution in [-0.4, -0.2) is 23.1 Å². The fourth-order valence-corrected chi connectivity index (χ4v) is 3.44. The van der Waals surface area contributed by atoms with Crippen molar-refractivity contribution in [2.75, 3.05) is 7.11 Å². The second kappa shape index (κ2) is 15.7. The van der Waals surface area contributed by atoms with Gasteiger partial charge in [0.15, 0.2) is 0 Å². The molecule has 0 saturated heterocycles. The lowest BCUT2D eigenvalue weighted by Gasteiger charge is -2.23. The van der Waals surface area contributed by atoms with E-state index in [1.807, 2.05) is 19.1 Å². The highest BCUT2D eigenvalue weighted by atomic mass is 32.1. The minimum Gasteiger partial charge on any atom is -0.469 e. The first-order valence-electron chi connectivity index (χ1n) is 10.1. The number of thiol groups is 1. The molecule has 0 radical (unpaired) electrons. The molecule has 1 N–H and O–H groups in total. The van der Waals surface area contributed by atoms with Crippen LogP contribution < -0.4 is 0 Å². The van der Waals surface area contributed by atoms with Crippen molar-refractivity contribution in [3.05, 3.63) is 12.2 Å². The van der Waals surface area contributed by atoms with Gasteiger partial charge in [-0.3, -0.25) is 4.79 Å². The number of unbranched alkanes of at least 4 members (excludes halogenated alkanes) is 3. The van der Waals surface area contributed by atoms with Gasteiger partial charge >= 0.3 is 5.97 Å². The maximum absolute atomic E-state index is 10.5. The van der Waals surface area contributed by atoms with E-state index in [2.05, 4.69) is 24.3 Å². The van der Waals surface area contributed by atoms with Gasteiger partial charge in [0.05, 0.1) is 7.11 Å². The molecule has 1 unspecified atom stereocenters. The molecular weight excluding hydrogens is 332 g/mol. The van der Waals surface area contributed by atoms with Gasteiger partial charge in [-0.05, 0) is 51.4 Å². The van der Waals surface area contributed by atoms with Gasteiger partial charge < -0.3 is 9.84 Å². The lowest BCUT2D eigenvalue weighted by molar-refractivity contribution is -0.140. The highest BCUT2D eigenvalue weighted by Gasteiger charge is 2.24. The van der Waals surface area contributed by atoms with Gasteiger partial charge in [-0.25, -0.2) is 0 Å². The summed E-state index contributed by atoms with van der Waals surface area (Å²) >= 11 is 4.39. The summed E-state index contributed by atoms with van der Waals surface area (Å²) < 4.78 is 4.47. The van der Waals surface area contributed by atoms with Crippen LogP contribution >= 0.6 is 12.6 Å². The molecule has 1 aliphatic rings. The van der Waals surface area contributed by atoms with Gasteiger partial charge in [0, 0.05) is 6.42 Å². The van der Waals surface area contributed by atoms with Gasteiger partial charge in [-0.15, -0.1) is 12.6 Å². The summed E-state index contributed by atoms with van der Waals surface area (Å²) in [5.74, 6) is 0.749. The highest BCUT2D eigenvalue weighted by Crippen LogP contribution is 2.33. The molecule has 1 saturated carbocycles. The van der Waals surface area contributed by atoms with Crippen LogP contribution in [0.1, 0.15) is 97.3 Å². The Balaban J connectivity index is 0.000000504. The molecule has 0 heterocycles. The van der Waals surface area contributed by atoms with Crippen LogP contribution in [0.2, 0.25) is 0 Å². The standard InChI is InChI=1S/C13H26OS.C8H14O2/c1-2-3-6-10-13(14,15)11-9-12-7-4-5-8-12;1-3-4-5-6-7-8(9)10-2/h12,14-15H,2-11H2,1H3;3-4H,5-7H2,1-2H3/b;4-3-. The van der Waals surface area contributed by atoms with Crippen LogP contribution in [0, 0.1) is 5.92 Å². The van der Waals surface area contributed by atoms with Crippen molar-refractivity contribution < 1.29 is 14.6 Å². The van der Waals surface area contributed by atoms with Gasteiger partial charge in [0.2, 0.25) is 0 Å². The fraction of sp³-hybridized carbons (Fsp3) is 0.857. The lowest BCUT2D eigenvalue weighted by atomic mass is 9.97. The van der Waals surface area contributed by atoms with E-state index >= 15 is 0 Å². The van der Waals surface area contributed by atoms with E-state index in [4.69, 9.17) is 0 Å². The SMILES string of the molecule is C/C=C\CCCC(=O)OC.CCCCCC(O)(S)CCC1CCCC1. The zero-order chi connectivity index (χ0) is 19.0. The van der Waals surface area contributed by atoms with Crippen molar-refractivity contribution in [1.29, 1.82) is 0 Å². The Labute approximate surface area is 161 Å². The molecule has 0 aromatic carbocycles. The monoisotopic (exact) mass is 372 g/mol. The van der Waals surface area contributed by atoms with Crippen LogP contribution in [0.3, 0.4) is 0 Å². The van der Waals surface area contributed by atoms with Gasteiger partial charge in [0.25, 0.3) is 0 Å². The smallest absolute Gasteiger partial charge is 0.305 e. The Morgan fingerprint density at radius 2 is 1.92 bits per heavy atom. The number of carbonyl (C=O) groups is 1. The second-order valence-corrected chi connectivity index (χ2v) is 8.00. The Morgan fingerprint density at radius 3 is 2.48 bits per heavy atom. The number of ether oxygens (including phenoxy) is 1. The van der Waals surface area contributed by atoms with Crippen molar-refractivity contribution in [3.8, 4) is 0 Å². The summed E-state index contributed by atoms with van der Waals surface area (Å²) in [5.41, 5.74) is 0. The molecule has 1 fully saturated rings. The third-order valence-corrected chi connectivity index (χ3v) is 5.27. The molecule has 0 amide bonds. The maximum atomic E-state index is 10.5.